The molecular weight excluding hydrogens is 759 g/mol. The van der Waals surface area contributed by atoms with Crippen molar-refractivity contribution in [3.63, 3.8) is 0 Å². The van der Waals surface area contributed by atoms with Crippen LogP contribution in [0.15, 0.2) is 221 Å². The van der Waals surface area contributed by atoms with Crippen LogP contribution in [0.3, 0.4) is 0 Å². The first-order valence-electron chi connectivity index (χ1n) is 20.8. The van der Waals surface area contributed by atoms with E-state index in [1.165, 1.54) is 0 Å². The number of hydrogen-bond donors (Lipinski definition) is 0. The molecule has 0 N–H and O–H groups in total. The highest BCUT2D eigenvalue weighted by atomic mass is 16.3. The van der Waals surface area contributed by atoms with E-state index in [4.69, 9.17) is 23.8 Å². The fourth-order valence-corrected chi connectivity index (χ4v) is 8.90. The highest BCUT2D eigenvalue weighted by molar-refractivity contribution is 6.17. The van der Waals surface area contributed by atoms with Gasteiger partial charge >= 0.3 is 0 Å². The van der Waals surface area contributed by atoms with E-state index in [-0.39, 0.29) is 0 Å². The maximum absolute atomic E-state index is 6.89. The molecule has 0 atom stereocenters. The summed E-state index contributed by atoms with van der Waals surface area (Å²) in [4.78, 5) is 15.6. The van der Waals surface area contributed by atoms with E-state index in [1.807, 2.05) is 66.7 Å². The molecule has 0 aliphatic rings. The summed E-state index contributed by atoms with van der Waals surface area (Å²) in [5, 5.41) is 4.02. The number of aromatic nitrogens is 3. The Morgan fingerprint density at radius 2 is 0.726 bits per heavy atom. The first-order chi connectivity index (χ1) is 30.7. The summed E-state index contributed by atoms with van der Waals surface area (Å²) in [5.74, 6) is 1.68. The van der Waals surface area contributed by atoms with Gasteiger partial charge in [-0.15, -0.1) is 0 Å². The highest BCUT2D eigenvalue weighted by Crippen LogP contribution is 2.46. The third-order valence-electron chi connectivity index (χ3n) is 11.8. The van der Waals surface area contributed by atoms with Gasteiger partial charge in [0.15, 0.2) is 17.5 Å². The third kappa shape index (κ3) is 5.98. The molecule has 0 spiro atoms. The number of benzene rings is 9. The van der Waals surface area contributed by atoms with Gasteiger partial charge in [-0.1, -0.05) is 182 Å². The Hall–Kier alpha value is -8.41. The Bertz CT molecular complexity index is 3600. The van der Waals surface area contributed by atoms with Gasteiger partial charge in [-0.05, 0) is 63.7 Å². The van der Waals surface area contributed by atoms with E-state index in [1.54, 1.807) is 0 Å². The second kappa shape index (κ2) is 14.7. The quantitative estimate of drug-likeness (QED) is 0.161. The van der Waals surface area contributed by atoms with Crippen LogP contribution in [0.5, 0.6) is 0 Å². The predicted molar refractivity (Wildman–Crippen MR) is 252 cm³/mol. The predicted octanol–water partition coefficient (Wildman–Crippen LogP) is 15.3. The molecule has 12 rings (SSSR count). The molecule has 0 saturated heterocycles. The second-order valence-electron chi connectivity index (χ2n) is 15.5. The van der Waals surface area contributed by atoms with Crippen LogP contribution >= 0.6 is 0 Å². The maximum atomic E-state index is 6.89. The van der Waals surface area contributed by atoms with Gasteiger partial charge in [-0.2, -0.15) is 0 Å². The second-order valence-corrected chi connectivity index (χ2v) is 15.5. The average Bonchev–Trinajstić information content (AvgIpc) is 3.93. The van der Waals surface area contributed by atoms with Crippen molar-refractivity contribution >= 4 is 43.9 Å². The Kier molecular flexibility index (Phi) is 8.42. The van der Waals surface area contributed by atoms with E-state index in [9.17, 15) is 0 Å². The van der Waals surface area contributed by atoms with Gasteiger partial charge in [0.25, 0.3) is 0 Å². The Morgan fingerprint density at radius 1 is 0.274 bits per heavy atom. The highest BCUT2D eigenvalue weighted by Gasteiger charge is 2.23. The van der Waals surface area contributed by atoms with Crippen molar-refractivity contribution in [1.29, 1.82) is 0 Å². The summed E-state index contributed by atoms with van der Waals surface area (Å²) in [5.41, 5.74) is 14.5. The van der Waals surface area contributed by atoms with Gasteiger partial charge in [0, 0.05) is 49.4 Å². The molecule has 0 radical (unpaired) electrons. The number of fused-ring (bicyclic) bond motifs is 6. The molecule has 0 saturated carbocycles. The van der Waals surface area contributed by atoms with E-state index < -0.39 is 0 Å². The van der Waals surface area contributed by atoms with Crippen molar-refractivity contribution in [2.45, 2.75) is 0 Å². The van der Waals surface area contributed by atoms with Gasteiger partial charge in [-0.25, -0.2) is 15.0 Å². The van der Waals surface area contributed by atoms with Crippen molar-refractivity contribution < 1.29 is 8.83 Å². The molecule has 0 aliphatic heterocycles. The molecule has 5 heteroatoms. The van der Waals surface area contributed by atoms with Crippen LogP contribution in [0.1, 0.15) is 0 Å². The molecule has 3 heterocycles. The molecular formula is C57H35N3O2. The lowest BCUT2D eigenvalue weighted by Gasteiger charge is -2.11. The summed E-state index contributed by atoms with van der Waals surface area (Å²) in [6, 6.07) is 73.1. The standard InChI is InChI=1S/C57H35N3O2/c1-6-17-36(18-7-1)42-31-33-45-44-30-29-41(35-49(44)62-53(45)50(42)38-21-10-3-11-22-38)56-58-55(40-25-14-5-15-26-40)59-57(60-56)47-27-16-28-48-52(47)46-34-32-43(37-19-8-2-9-20-37)51(54(46)61-48)39-23-12-4-13-24-39/h1-35H. The molecule has 0 bridgehead atoms. The minimum atomic E-state index is 0.547. The lowest BCUT2D eigenvalue weighted by molar-refractivity contribution is 0.670. The molecule has 0 fully saturated rings. The number of furan rings is 2. The smallest absolute Gasteiger partial charge is 0.164 e. The molecule has 5 nitrogen and oxygen atoms in total. The molecule has 0 aliphatic carbocycles. The van der Waals surface area contributed by atoms with Crippen molar-refractivity contribution in [3.8, 4) is 78.7 Å². The molecule has 3 aromatic heterocycles. The molecule has 0 unspecified atom stereocenters. The SMILES string of the molecule is c1ccc(-c2nc(-c3ccc4c(c3)oc3c(-c5ccccc5)c(-c5ccccc5)ccc34)nc(-c3cccc4oc5c(-c6ccccc6)c(-c6ccccc6)ccc5c34)n2)cc1. The molecule has 9 aromatic carbocycles. The van der Waals surface area contributed by atoms with Crippen molar-refractivity contribution in [1.82, 2.24) is 15.0 Å². The monoisotopic (exact) mass is 793 g/mol. The summed E-state index contributed by atoms with van der Waals surface area (Å²) in [6.45, 7) is 0. The lowest BCUT2D eigenvalue weighted by Crippen LogP contribution is -2.00. The van der Waals surface area contributed by atoms with Crippen molar-refractivity contribution in [2.24, 2.45) is 0 Å². The van der Waals surface area contributed by atoms with E-state index in [2.05, 4.69) is 146 Å². The van der Waals surface area contributed by atoms with Crippen LogP contribution in [0.2, 0.25) is 0 Å². The van der Waals surface area contributed by atoms with Crippen molar-refractivity contribution in [2.75, 3.05) is 0 Å². The van der Waals surface area contributed by atoms with Crippen LogP contribution in [0.25, 0.3) is 123 Å². The Morgan fingerprint density at radius 3 is 1.31 bits per heavy atom. The summed E-state index contributed by atoms with van der Waals surface area (Å²) < 4.78 is 13.8. The number of nitrogens with zero attached hydrogens (tertiary/aromatic N) is 3. The van der Waals surface area contributed by atoms with Crippen LogP contribution in [0, 0.1) is 0 Å². The Labute approximate surface area is 357 Å². The maximum Gasteiger partial charge on any atom is 0.164 e. The normalized spacial score (nSPS) is 11.5. The van der Waals surface area contributed by atoms with Gasteiger partial charge < -0.3 is 8.83 Å². The van der Waals surface area contributed by atoms with Crippen LogP contribution in [-0.4, -0.2) is 15.0 Å². The molecule has 12 aromatic rings. The number of hydrogen-bond acceptors (Lipinski definition) is 5. The topological polar surface area (TPSA) is 65.0 Å². The zero-order valence-corrected chi connectivity index (χ0v) is 33.4. The van der Waals surface area contributed by atoms with E-state index >= 15 is 0 Å². The minimum Gasteiger partial charge on any atom is -0.455 e. The van der Waals surface area contributed by atoms with Gasteiger partial charge in [-0.3, -0.25) is 0 Å². The Balaban J connectivity index is 1.06. The molecule has 62 heavy (non-hydrogen) atoms. The fraction of sp³-hybridized carbons (Fsp3) is 0. The first-order valence-corrected chi connectivity index (χ1v) is 20.8. The van der Waals surface area contributed by atoms with Crippen LogP contribution in [0.4, 0.5) is 0 Å². The fourth-order valence-electron chi connectivity index (χ4n) is 8.90. The van der Waals surface area contributed by atoms with Gasteiger partial charge in [0.1, 0.15) is 22.3 Å². The zero-order valence-electron chi connectivity index (χ0n) is 33.4. The van der Waals surface area contributed by atoms with E-state index in [0.29, 0.717) is 17.5 Å². The summed E-state index contributed by atoms with van der Waals surface area (Å²) in [7, 11) is 0. The lowest BCUT2D eigenvalue weighted by atomic mass is 9.92. The zero-order chi connectivity index (χ0) is 41.0. The van der Waals surface area contributed by atoms with Crippen LogP contribution in [-0.2, 0) is 0 Å². The molecule has 290 valence electrons. The van der Waals surface area contributed by atoms with E-state index in [0.717, 1.165) is 105 Å². The van der Waals surface area contributed by atoms with Gasteiger partial charge in [0.2, 0.25) is 0 Å². The summed E-state index contributed by atoms with van der Waals surface area (Å²) >= 11 is 0. The van der Waals surface area contributed by atoms with Crippen molar-refractivity contribution in [3.05, 3.63) is 212 Å². The van der Waals surface area contributed by atoms with Crippen LogP contribution < -0.4 is 0 Å². The largest absolute Gasteiger partial charge is 0.455 e. The number of rotatable bonds is 7. The minimum absolute atomic E-state index is 0.547. The summed E-state index contributed by atoms with van der Waals surface area (Å²) in [6.07, 6.45) is 0. The molecule has 0 amide bonds. The third-order valence-corrected chi connectivity index (χ3v) is 11.8. The van der Waals surface area contributed by atoms with Gasteiger partial charge in [0.05, 0.1) is 0 Å². The first kappa shape index (κ1) is 35.5. The average molecular weight is 794 g/mol.